The largest absolute Gasteiger partial charge is 0.369 e. The zero-order valence-electron chi connectivity index (χ0n) is 19.3. The molecule has 0 aliphatic heterocycles. The van der Waals surface area contributed by atoms with Gasteiger partial charge in [0.05, 0.1) is 31.2 Å². The molecular weight excluding hydrogens is 409 g/mol. The van der Waals surface area contributed by atoms with Crippen molar-refractivity contribution in [1.82, 2.24) is 19.4 Å². The summed E-state index contributed by atoms with van der Waals surface area (Å²) in [7, 11) is 4.01. The van der Waals surface area contributed by atoms with Gasteiger partial charge in [-0.25, -0.2) is 9.79 Å². The molecule has 0 saturated carbocycles. The molecule has 1 atom stereocenters. The van der Waals surface area contributed by atoms with Crippen molar-refractivity contribution in [3.05, 3.63) is 22.7 Å². The number of likely N-dealkylation sites (N-methyl/N-ethyl adjacent to an activating group) is 1. The van der Waals surface area contributed by atoms with E-state index in [0.717, 1.165) is 0 Å². The minimum absolute atomic E-state index is 0.199. The molecule has 1 unspecified atom stereocenters. The van der Waals surface area contributed by atoms with E-state index < -0.39 is 19.4 Å². The molecule has 0 spiro atoms. The number of aromatic nitrogens is 2. The fraction of sp³-hybridized carbons (Fsp3) is 0.737. The van der Waals surface area contributed by atoms with E-state index in [0.29, 0.717) is 12.4 Å². The van der Waals surface area contributed by atoms with Crippen LogP contribution in [0.15, 0.2) is 22.1 Å². The Kier molecular flexibility index (Phi) is 10.9. The van der Waals surface area contributed by atoms with Crippen LogP contribution < -0.4 is 5.69 Å². The Hall–Kier alpha value is -1.58. The molecule has 172 valence electrons. The van der Waals surface area contributed by atoms with Gasteiger partial charge in [-0.3, -0.25) is 9.13 Å². The second kappa shape index (κ2) is 12.3. The first-order valence-electron chi connectivity index (χ1n) is 9.90. The summed E-state index contributed by atoms with van der Waals surface area (Å²) in [6, 6.07) is 1.66. The zero-order chi connectivity index (χ0) is 22.9. The van der Waals surface area contributed by atoms with Crippen LogP contribution in [0.4, 0.5) is 5.82 Å². The second-order valence-electron chi connectivity index (χ2n) is 8.03. The van der Waals surface area contributed by atoms with Crippen molar-refractivity contribution >= 4 is 19.8 Å². The number of hydrogen-bond acceptors (Lipinski definition) is 8. The van der Waals surface area contributed by atoms with Crippen molar-refractivity contribution in [3.63, 3.8) is 0 Å². The van der Waals surface area contributed by atoms with Gasteiger partial charge in [0.25, 0.3) is 0 Å². The quantitative estimate of drug-likeness (QED) is 0.259. The fourth-order valence-corrected chi connectivity index (χ4v) is 4.37. The normalized spacial score (nSPS) is 13.7. The summed E-state index contributed by atoms with van der Waals surface area (Å²) in [4.78, 5) is 24.2. The highest BCUT2D eigenvalue weighted by molar-refractivity contribution is 7.53. The van der Waals surface area contributed by atoms with Crippen LogP contribution in [-0.2, 0) is 24.9 Å². The highest BCUT2D eigenvalue weighted by Crippen LogP contribution is 2.50. The molecule has 1 rings (SSSR count). The third-order valence-electron chi connectivity index (χ3n) is 3.46. The van der Waals surface area contributed by atoms with Crippen LogP contribution in [0, 0.1) is 0 Å². The van der Waals surface area contributed by atoms with Crippen LogP contribution in [0.1, 0.15) is 27.7 Å². The molecule has 0 bridgehead atoms. The van der Waals surface area contributed by atoms with Crippen molar-refractivity contribution in [2.45, 2.75) is 52.6 Å². The van der Waals surface area contributed by atoms with Crippen LogP contribution >= 0.6 is 7.60 Å². The lowest BCUT2D eigenvalue weighted by molar-refractivity contribution is 0.0297. The predicted octanol–water partition coefficient (Wildman–Crippen LogP) is 2.41. The van der Waals surface area contributed by atoms with E-state index in [1.807, 2.05) is 33.1 Å². The third-order valence-corrected chi connectivity index (χ3v) is 5.41. The van der Waals surface area contributed by atoms with Gasteiger partial charge in [-0.2, -0.15) is 4.98 Å². The lowest BCUT2D eigenvalue weighted by Gasteiger charge is -2.27. The lowest BCUT2D eigenvalue weighted by atomic mass is 10.3. The first-order chi connectivity index (χ1) is 13.9. The van der Waals surface area contributed by atoms with Crippen LogP contribution in [0.3, 0.4) is 0 Å². The minimum Gasteiger partial charge on any atom is -0.369 e. The van der Waals surface area contributed by atoms with Crippen molar-refractivity contribution in [2.24, 2.45) is 4.99 Å². The smallest absolute Gasteiger partial charge is 0.356 e. The summed E-state index contributed by atoms with van der Waals surface area (Å²) in [5.74, 6) is 0.329. The van der Waals surface area contributed by atoms with Gasteiger partial charge in [-0.15, -0.1) is 0 Å². The molecule has 1 aromatic rings. The molecule has 1 aromatic heterocycles. The first-order valence-corrected chi connectivity index (χ1v) is 11.6. The van der Waals surface area contributed by atoms with Gasteiger partial charge in [-0.05, 0) is 47.9 Å². The third kappa shape index (κ3) is 10.4. The average molecular weight is 446 g/mol. The van der Waals surface area contributed by atoms with Crippen molar-refractivity contribution in [1.29, 1.82) is 0 Å². The second-order valence-corrected chi connectivity index (χ2v) is 9.93. The van der Waals surface area contributed by atoms with Gasteiger partial charge >= 0.3 is 13.3 Å². The fourth-order valence-electron chi connectivity index (χ4n) is 2.52. The van der Waals surface area contributed by atoms with Crippen molar-refractivity contribution in [2.75, 3.05) is 41.1 Å². The van der Waals surface area contributed by atoms with E-state index in [1.54, 1.807) is 51.2 Å². The van der Waals surface area contributed by atoms with Crippen molar-refractivity contribution < 1.29 is 18.3 Å². The predicted molar refractivity (Wildman–Crippen MR) is 119 cm³/mol. The Labute approximate surface area is 179 Å². The van der Waals surface area contributed by atoms with Crippen LogP contribution in [0.25, 0.3) is 0 Å². The number of ether oxygens (including phenoxy) is 1. The topological polar surface area (TPSA) is 98.5 Å². The van der Waals surface area contributed by atoms with E-state index in [1.165, 1.54) is 4.57 Å². The minimum atomic E-state index is -3.44. The van der Waals surface area contributed by atoms with E-state index in [-0.39, 0.29) is 25.1 Å². The molecule has 0 aromatic carbocycles. The van der Waals surface area contributed by atoms with E-state index in [4.69, 9.17) is 13.8 Å². The summed E-state index contributed by atoms with van der Waals surface area (Å²) in [6.07, 6.45) is 2.04. The summed E-state index contributed by atoms with van der Waals surface area (Å²) in [5.41, 5.74) is -0.434. The molecule has 0 amide bonds. The van der Waals surface area contributed by atoms with Gasteiger partial charge in [0.1, 0.15) is 6.35 Å². The summed E-state index contributed by atoms with van der Waals surface area (Å²) in [5, 5.41) is 0. The maximum atomic E-state index is 13.0. The first kappa shape index (κ1) is 26.5. The maximum Gasteiger partial charge on any atom is 0.356 e. The molecule has 0 aliphatic rings. The molecule has 0 fully saturated rings. The molecule has 0 radical (unpaired) electrons. The van der Waals surface area contributed by atoms with Gasteiger partial charge in [0.15, 0.2) is 5.82 Å². The highest BCUT2D eigenvalue weighted by Gasteiger charge is 2.30. The van der Waals surface area contributed by atoms with Gasteiger partial charge < -0.3 is 23.6 Å². The van der Waals surface area contributed by atoms with Crippen LogP contribution in [-0.4, -0.2) is 85.1 Å². The Bertz CT molecular complexity index is 765. The highest BCUT2D eigenvalue weighted by atomic mass is 31.2. The van der Waals surface area contributed by atoms with Crippen molar-refractivity contribution in [3.8, 4) is 0 Å². The number of nitrogens with zero attached hydrogens (tertiary/aromatic N) is 5. The van der Waals surface area contributed by atoms with Gasteiger partial charge in [0.2, 0.25) is 0 Å². The molecule has 0 saturated heterocycles. The maximum absolute atomic E-state index is 13.0. The molecule has 0 N–H and O–H groups in total. The Morgan fingerprint density at radius 3 is 2.23 bits per heavy atom. The van der Waals surface area contributed by atoms with Gasteiger partial charge in [-0.1, -0.05) is 0 Å². The Balaban J connectivity index is 2.94. The summed E-state index contributed by atoms with van der Waals surface area (Å²) < 4.78 is 31.5. The lowest BCUT2D eigenvalue weighted by Crippen LogP contribution is -2.36. The monoisotopic (exact) mass is 445 g/mol. The molecule has 1 heterocycles. The molecule has 10 nitrogen and oxygen atoms in total. The zero-order valence-corrected chi connectivity index (χ0v) is 20.2. The summed E-state index contributed by atoms with van der Waals surface area (Å²) in [6.45, 7) is 7.91. The molecule has 0 aliphatic carbocycles. The van der Waals surface area contributed by atoms with Crippen LogP contribution in [0.5, 0.6) is 0 Å². The van der Waals surface area contributed by atoms with E-state index in [2.05, 4.69) is 9.98 Å². The number of hydrogen-bond donors (Lipinski definition) is 0. The Morgan fingerprint density at radius 1 is 1.17 bits per heavy atom. The standard InChI is InChI=1S/C19H36N5O5P/c1-15(2)28-30(26,29-16(3)4)14-27-17(11-22(5)6)12-24-10-9-18(21-19(24)25)20-13-23(7)8/h9-10,13,15-17H,11-12,14H2,1-8H3. The van der Waals surface area contributed by atoms with E-state index in [9.17, 15) is 9.36 Å². The molecule has 30 heavy (non-hydrogen) atoms. The Morgan fingerprint density at radius 2 is 1.77 bits per heavy atom. The van der Waals surface area contributed by atoms with Gasteiger partial charge in [0, 0.05) is 26.8 Å². The summed E-state index contributed by atoms with van der Waals surface area (Å²) >= 11 is 0. The molecule has 11 heteroatoms. The van der Waals surface area contributed by atoms with E-state index >= 15 is 0 Å². The number of aliphatic imine (C=N–C) groups is 1. The number of rotatable bonds is 13. The SMILES string of the molecule is CC(C)OP(=O)(COC(CN(C)C)Cn1ccc(N=CN(C)C)nc1=O)OC(C)C. The average Bonchev–Trinajstić information content (AvgIpc) is 2.58. The van der Waals surface area contributed by atoms with Crippen LogP contribution in [0.2, 0.25) is 0 Å². The molecular formula is C19H36N5O5P.